The molecule has 5 heteroatoms. The van der Waals surface area contributed by atoms with Crippen LogP contribution in [0.3, 0.4) is 0 Å². The number of hydrogen-bond acceptors (Lipinski definition) is 3. The van der Waals surface area contributed by atoms with Crippen LogP contribution >= 0.6 is 0 Å². The predicted molar refractivity (Wildman–Crippen MR) is 146 cm³/mol. The normalized spacial score (nSPS) is 15.7. The van der Waals surface area contributed by atoms with Crippen LogP contribution in [0.15, 0.2) is 60.7 Å². The molecule has 0 bridgehead atoms. The minimum Gasteiger partial charge on any atom is -0.481 e. The molecule has 0 saturated carbocycles. The molecule has 3 unspecified atom stereocenters. The first kappa shape index (κ1) is 29.3. The Kier molecular flexibility index (Phi) is 12.7. The summed E-state index contributed by atoms with van der Waals surface area (Å²) >= 11 is 0. The summed E-state index contributed by atoms with van der Waals surface area (Å²) in [7, 11) is -0.816. The number of unbranched alkanes of at least 4 members (excludes halogenated alkanes) is 2. The summed E-state index contributed by atoms with van der Waals surface area (Å²) in [5, 5.41) is 18.5. The molecule has 0 heterocycles. The highest BCUT2D eigenvalue weighted by Gasteiger charge is 2.27. The maximum Gasteiger partial charge on any atom is 0.303 e. The van der Waals surface area contributed by atoms with E-state index in [1.54, 1.807) is 0 Å². The van der Waals surface area contributed by atoms with Crippen molar-refractivity contribution in [3.05, 3.63) is 71.8 Å². The molecule has 0 radical (unpaired) electrons. The number of carbonyl (C=O) groups is 1. The summed E-state index contributed by atoms with van der Waals surface area (Å²) in [6, 6.07) is 20.7. The topological polar surface area (TPSA) is 74.6 Å². The van der Waals surface area contributed by atoms with Gasteiger partial charge in [-0.05, 0) is 66.9 Å². The first-order chi connectivity index (χ1) is 16.8. The minimum atomic E-state index is -0.816. The van der Waals surface area contributed by atoms with Gasteiger partial charge in [-0.25, -0.2) is 0 Å². The number of benzene rings is 2. The van der Waals surface area contributed by atoms with Gasteiger partial charge in [-0.2, -0.15) is 0 Å². The van der Waals surface area contributed by atoms with E-state index in [9.17, 15) is 19.2 Å². The molecule has 2 aromatic rings. The molecule has 4 nitrogen and oxygen atoms in total. The Morgan fingerprint density at radius 1 is 0.714 bits per heavy atom. The predicted octanol–water partition coefficient (Wildman–Crippen LogP) is 6.63. The Balaban J connectivity index is 1.75. The zero-order chi connectivity index (χ0) is 25.6. The second kappa shape index (κ2) is 15.2. The zero-order valence-electron chi connectivity index (χ0n) is 21.6. The van der Waals surface area contributed by atoms with Gasteiger partial charge >= 0.3 is 5.97 Å². The third-order valence-corrected chi connectivity index (χ3v) is 8.91. The molecule has 2 rings (SSSR count). The van der Waals surface area contributed by atoms with Crippen LogP contribution in [0.25, 0.3) is 0 Å². The third kappa shape index (κ3) is 10.3. The maximum absolute atomic E-state index is 12.6. The molecule has 0 amide bonds. The van der Waals surface area contributed by atoms with E-state index in [-0.39, 0.29) is 23.9 Å². The van der Waals surface area contributed by atoms with E-state index >= 15 is 0 Å². The summed E-state index contributed by atoms with van der Waals surface area (Å²) < 4.78 is 12.6. The van der Waals surface area contributed by atoms with Crippen LogP contribution in [0.1, 0.15) is 89.2 Å². The van der Waals surface area contributed by atoms with Gasteiger partial charge in [0.05, 0.1) is 0 Å². The van der Waals surface area contributed by atoms with Crippen molar-refractivity contribution in [2.75, 3.05) is 18.1 Å². The standard InChI is InChI=1S/C30H44O4S/c1-29(21-13-23-31,26-14-5-3-6-15-26)19-9-11-24-35(34)25-12-10-20-30(2,22-18-28(32)33)27-16-7-4-8-17-27/h3-8,14-17,31H,9-13,18-25H2,1-2H3,(H,32,33). The van der Waals surface area contributed by atoms with Crippen LogP contribution in [0, 0.1) is 0 Å². The van der Waals surface area contributed by atoms with Crippen LogP contribution in [0.5, 0.6) is 0 Å². The molecular formula is C30H44O4S. The second-order valence-electron chi connectivity index (χ2n) is 10.3. The Hall–Kier alpha value is -1.98. The molecule has 35 heavy (non-hydrogen) atoms. The van der Waals surface area contributed by atoms with Gasteiger partial charge in [0.1, 0.15) is 0 Å². The fraction of sp³-hybridized carbons (Fsp3) is 0.567. The van der Waals surface area contributed by atoms with E-state index < -0.39 is 16.8 Å². The van der Waals surface area contributed by atoms with Gasteiger partial charge in [-0.15, -0.1) is 0 Å². The van der Waals surface area contributed by atoms with Gasteiger partial charge in [-0.3, -0.25) is 9.00 Å². The average Bonchev–Trinajstić information content (AvgIpc) is 2.88. The molecule has 2 N–H and O–H groups in total. The summed E-state index contributed by atoms with van der Waals surface area (Å²) in [6.07, 6.45) is 8.31. The summed E-state index contributed by atoms with van der Waals surface area (Å²) in [6.45, 7) is 4.65. The van der Waals surface area contributed by atoms with Gasteiger partial charge in [0.2, 0.25) is 0 Å². The second-order valence-corrected chi connectivity index (χ2v) is 12.0. The Morgan fingerprint density at radius 2 is 1.14 bits per heavy atom. The molecule has 3 atom stereocenters. The molecule has 0 saturated heterocycles. The highest BCUT2D eigenvalue weighted by atomic mass is 32.2. The van der Waals surface area contributed by atoms with Gasteiger partial charge in [-0.1, -0.05) is 87.4 Å². The third-order valence-electron chi connectivity index (χ3n) is 7.42. The first-order valence-corrected chi connectivity index (χ1v) is 14.6. The molecular weight excluding hydrogens is 456 g/mol. The van der Waals surface area contributed by atoms with Crippen LogP contribution in [0.4, 0.5) is 0 Å². The van der Waals surface area contributed by atoms with Gasteiger partial charge in [0.25, 0.3) is 0 Å². The SMILES string of the molecule is CC(CCCO)(CCCCS(=O)CCCCC(C)(CCC(=O)O)c1ccccc1)c1ccccc1. The first-order valence-electron chi connectivity index (χ1n) is 13.1. The lowest BCUT2D eigenvalue weighted by Gasteiger charge is -2.30. The van der Waals surface area contributed by atoms with Crippen LogP contribution in [-0.2, 0) is 26.4 Å². The van der Waals surface area contributed by atoms with Crippen molar-refractivity contribution in [2.24, 2.45) is 0 Å². The van der Waals surface area contributed by atoms with E-state index in [0.29, 0.717) is 12.2 Å². The maximum atomic E-state index is 12.6. The van der Waals surface area contributed by atoms with Gasteiger partial charge in [0.15, 0.2) is 0 Å². The van der Waals surface area contributed by atoms with Crippen molar-refractivity contribution >= 4 is 16.8 Å². The molecule has 2 aromatic carbocycles. The number of carboxylic acids is 1. The van der Waals surface area contributed by atoms with Crippen LogP contribution in [-0.4, -0.2) is 38.5 Å². The largest absolute Gasteiger partial charge is 0.481 e. The molecule has 194 valence electrons. The number of aliphatic carboxylic acids is 1. The minimum absolute atomic E-state index is 0.0450. The molecule has 0 fully saturated rings. The number of hydrogen-bond donors (Lipinski definition) is 2. The van der Waals surface area contributed by atoms with Crippen molar-refractivity contribution in [1.29, 1.82) is 0 Å². The fourth-order valence-corrected chi connectivity index (χ4v) is 6.28. The quantitative estimate of drug-likeness (QED) is 0.225. The molecule has 0 aliphatic rings. The van der Waals surface area contributed by atoms with Crippen LogP contribution in [0.2, 0.25) is 0 Å². The number of rotatable bonds is 18. The monoisotopic (exact) mass is 500 g/mol. The Bertz CT molecular complexity index is 886. The van der Waals surface area contributed by atoms with E-state index in [4.69, 9.17) is 0 Å². The van der Waals surface area contributed by atoms with Crippen molar-refractivity contribution < 1.29 is 19.2 Å². The smallest absolute Gasteiger partial charge is 0.303 e. The van der Waals surface area contributed by atoms with Crippen molar-refractivity contribution in [2.45, 2.75) is 88.9 Å². The molecule has 0 aliphatic heterocycles. The number of aliphatic hydroxyl groups is 1. The van der Waals surface area contributed by atoms with Gasteiger partial charge in [0, 0.05) is 35.3 Å². The summed E-state index contributed by atoms with van der Waals surface area (Å²) in [5.74, 6) is 0.692. The Morgan fingerprint density at radius 3 is 1.57 bits per heavy atom. The van der Waals surface area contributed by atoms with Gasteiger partial charge < -0.3 is 10.2 Å². The van der Waals surface area contributed by atoms with E-state index in [0.717, 1.165) is 57.1 Å². The number of aliphatic hydroxyl groups excluding tert-OH is 1. The fourth-order valence-electron chi connectivity index (χ4n) is 5.02. The van der Waals surface area contributed by atoms with E-state index in [2.05, 4.69) is 50.2 Å². The summed E-state index contributed by atoms with van der Waals surface area (Å²) in [4.78, 5) is 11.2. The Labute approximate surface area is 214 Å². The highest BCUT2D eigenvalue weighted by molar-refractivity contribution is 7.84. The van der Waals surface area contributed by atoms with E-state index in [1.165, 1.54) is 11.1 Å². The molecule has 0 aliphatic carbocycles. The average molecular weight is 501 g/mol. The highest BCUT2D eigenvalue weighted by Crippen LogP contribution is 2.35. The summed E-state index contributed by atoms with van der Waals surface area (Å²) in [5.41, 5.74) is 2.38. The van der Waals surface area contributed by atoms with Crippen molar-refractivity contribution in [1.82, 2.24) is 0 Å². The molecule has 0 aromatic heterocycles. The zero-order valence-corrected chi connectivity index (χ0v) is 22.4. The lowest BCUT2D eigenvalue weighted by molar-refractivity contribution is -0.137. The lowest BCUT2D eigenvalue weighted by Crippen LogP contribution is -2.23. The lowest BCUT2D eigenvalue weighted by atomic mass is 9.75. The number of carboxylic acid groups (broad SMARTS) is 1. The van der Waals surface area contributed by atoms with Crippen molar-refractivity contribution in [3.63, 3.8) is 0 Å². The van der Waals surface area contributed by atoms with E-state index in [1.807, 2.05) is 24.3 Å². The molecule has 0 spiro atoms. The van der Waals surface area contributed by atoms with Crippen LogP contribution < -0.4 is 0 Å². The van der Waals surface area contributed by atoms with Crippen molar-refractivity contribution in [3.8, 4) is 0 Å².